The summed E-state index contributed by atoms with van der Waals surface area (Å²) in [5.41, 5.74) is 0. The monoisotopic (exact) mass is 258 g/mol. The predicted octanol–water partition coefficient (Wildman–Crippen LogP) is 3.56. The Labute approximate surface area is 69.6 Å². The van der Waals surface area contributed by atoms with Gasteiger partial charge in [0.1, 0.15) is 0 Å². The summed E-state index contributed by atoms with van der Waals surface area (Å²) in [6.07, 6.45) is 0. The smallest absolute Gasteiger partial charge is 0.206 e. The van der Waals surface area contributed by atoms with Crippen molar-refractivity contribution in [1.29, 1.82) is 0 Å². The van der Waals surface area contributed by atoms with Crippen LogP contribution in [0.3, 0.4) is 0 Å². The lowest BCUT2D eigenvalue weighted by Gasteiger charge is -1.99. The third-order valence-electron chi connectivity index (χ3n) is 0.747. The molecule has 0 aromatic carbocycles. The van der Waals surface area contributed by atoms with E-state index in [-0.39, 0.29) is 10.5 Å². The van der Waals surface area contributed by atoms with Crippen LogP contribution in [0.25, 0.3) is 0 Å². The molecule has 1 rings (SSSR count). The van der Waals surface area contributed by atoms with E-state index in [1.165, 1.54) is 0 Å². The highest BCUT2D eigenvalue weighted by Gasteiger charge is 2.40. The van der Waals surface area contributed by atoms with Gasteiger partial charge in [-0.25, -0.2) is 4.21 Å². The zero-order valence-corrected chi connectivity index (χ0v) is 10.3. The summed E-state index contributed by atoms with van der Waals surface area (Å²) in [7, 11) is -12.6. The van der Waals surface area contributed by atoms with Gasteiger partial charge >= 0.3 is 23.7 Å². The number of nitrogens with zero attached hydrogens (tertiary/aromatic N) is 3. The second-order valence-electron chi connectivity index (χ2n) is 1.62. The van der Waals surface area contributed by atoms with E-state index >= 15 is 0 Å². The molecule has 0 spiro atoms. The van der Waals surface area contributed by atoms with Gasteiger partial charge in [-0.2, -0.15) is 0 Å². The SMILES string of the molecule is FP1(F)=N[P+](O[SiH3])=NP(F)(F)=N1. The van der Waals surface area contributed by atoms with Gasteiger partial charge in [0.25, 0.3) is 0 Å². The van der Waals surface area contributed by atoms with E-state index in [0.29, 0.717) is 0 Å². The molecule has 0 radical (unpaired) electrons. The molecule has 4 nitrogen and oxygen atoms in total. The van der Waals surface area contributed by atoms with Gasteiger partial charge in [-0.05, 0) is 0 Å². The molecule has 1 aliphatic rings. The fraction of sp³-hybridized carbons (Fsp3) is 0. The zero-order chi connectivity index (χ0) is 9.41. The molecule has 12 heteroatoms. The Morgan fingerprint density at radius 3 is 2.17 bits per heavy atom. The molecular weight excluding hydrogens is 255 g/mol. The van der Waals surface area contributed by atoms with Gasteiger partial charge < -0.3 is 0 Å². The Morgan fingerprint density at radius 1 is 1.17 bits per heavy atom. The molecule has 0 amide bonds. The van der Waals surface area contributed by atoms with Gasteiger partial charge in [0, 0.05) is 0 Å². The number of hydrogen-bond acceptors (Lipinski definition) is 4. The predicted molar refractivity (Wildman–Crippen MR) is 43.5 cm³/mol. The summed E-state index contributed by atoms with van der Waals surface area (Å²) in [4.78, 5) is 0. The van der Waals surface area contributed by atoms with Crippen LogP contribution in [-0.4, -0.2) is 10.5 Å². The minimum Gasteiger partial charge on any atom is -0.206 e. The molecule has 0 aliphatic carbocycles. The Morgan fingerprint density at radius 2 is 1.75 bits per heavy atom. The molecule has 0 saturated heterocycles. The first kappa shape index (κ1) is 10.5. The largest absolute Gasteiger partial charge is 0.534 e. The van der Waals surface area contributed by atoms with Crippen LogP contribution in [0.4, 0.5) is 16.8 Å². The Hall–Kier alpha value is 0.457. The number of hydrogen-bond donors (Lipinski definition) is 0. The summed E-state index contributed by atoms with van der Waals surface area (Å²) >= 11 is 0. The molecule has 1 atom stereocenters. The van der Waals surface area contributed by atoms with Crippen molar-refractivity contribution in [1.82, 2.24) is 0 Å². The second-order valence-corrected chi connectivity index (χ2v) is 7.55. The van der Waals surface area contributed by atoms with E-state index in [9.17, 15) is 16.8 Å². The van der Waals surface area contributed by atoms with Crippen molar-refractivity contribution in [3.8, 4) is 0 Å². The van der Waals surface area contributed by atoms with Crippen molar-refractivity contribution >= 4 is 34.2 Å². The third-order valence-corrected chi connectivity index (χ3v) is 6.72. The van der Waals surface area contributed by atoms with E-state index in [0.717, 1.165) is 0 Å². The normalized spacial score (nSPS) is 28.5. The van der Waals surface area contributed by atoms with Gasteiger partial charge in [-0.1, -0.05) is 0 Å². The lowest BCUT2D eigenvalue weighted by Crippen LogP contribution is -1.70. The molecule has 1 heterocycles. The van der Waals surface area contributed by atoms with Crippen LogP contribution in [0, 0.1) is 0 Å². The fourth-order valence-corrected chi connectivity index (χ4v) is 6.24. The van der Waals surface area contributed by atoms with Gasteiger partial charge in [0.05, 0.1) is 9.03 Å². The molecule has 1 aliphatic heterocycles. The summed E-state index contributed by atoms with van der Waals surface area (Å²) < 4.78 is 61.2. The average Bonchev–Trinajstić information content (AvgIpc) is 1.80. The number of halogens is 4. The summed E-state index contributed by atoms with van der Waals surface area (Å²) in [5, 5.41) is 0. The molecule has 0 saturated carbocycles. The summed E-state index contributed by atoms with van der Waals surface area (Å²) in [6, 6.07) is 0. The average molecular weight is 258 g/mol. The standard InChI is InChI=1S/F4H3N3OP3Si/c1-10(2)5-9(8-12)6-11(3,4)7-10/h12H3/q+1. The first-order chi connectivity index (χ1) is 5.35. The van der Waals surface area contributed by atoms with Crippen molar-refractivity contribution in [2.24, 2.45) is 13.5 Å². The maximum Gasteiger partial charge on any atom is 0.534 e. The highest BCUT2D eigenvalue weighted by atomic mass is 31.3. The van der Waals surface area contributed by atoms with E-state index in [4.69, 9.17) is 0 Å². The maximum atomic E-state index is 12.4. The third kappa shape index (κ3) is 2.75. The molecule has 0 aromatic heterocycles. The van der Waals surface area contributed by atoms with Crippen molar-refractivity contribution in [2.75, 3.05) is 0 Å². The summed E-state index contributed by atoms with van der Waals surface area (Å²) in [5.74, 6) is 0. The zero-order valence-electron chi connectivity index (χ0n) is 5.60. The molecule has 12 heavy (non-hydrogen) atoms. The Kier molecular flexibility index (Phi) is 2.91. The van der Waals surface area contributed by atoms with Gasteiger partial charge in [0.2, 0.25) is 10.5 Å². The lowest BCUT2D eigenvalue weighted by atomic mass is 13.8. The van der Waals surface area contributed by atoms with Crippen molar-refractivity contribution < 1.29 is 21.0 Å². The molecule has 1 unspecified atom stereocenters. The van der Waals surface area contributed by atoms with Crippen LogP contribution < -0.4 is 0 Å². The Bertz CT molecular complexity index is 317. The molecular formula is H3F4N3OP3Si+. The van der Waals surface area contributed by atoms with Gasteiger partial charge in [0.15, 0.2) is 0 Å². The lowest BCUT2D eigenvalue weighted by molar-refractivity contribution is 0.675. The summed E-state index contributed by atoms with van der Waals surface area (Å²) in [6.45, 7) is 0. The van der Waals surface area contributed by atoms with Crippen LogP contribution in [0.1, 0.15) is 0 Å². The quantitative estimate of drug-likeness (QED) is 0.403. The van der Waals surface area contributed by atoms with E-state index in [2.05, 4.69) is 13.2 Å². The first-order valence-corrected chi connectivity index (χ1v) is 7.40. The number of rotatable bonds is 1. The van der Waals surface area contributed by atoms with Crippen molar-refractivity contribution in [3.63, 3.8) is 0 Å². The van der Waals surface area contributed by atoms with Gasteiger partial charge in [-0.3, -0.25) is 0 Å². The second kappa shape index (κ2) is 3.31. The highest BCUT2D eigenvalue weighted by molar-refractivity contribution is 7.74. The molecule has 0 aromatic rings. The minimum absolute atomic E-state index is 0.0568. The minimum atomic E-state index is -5.15. The fourth-order valence-electron chi connectivity index (χ4n) is 0.440. The Balaban J connectivity index is 3.25. The van der Waals surface area contributed by atoms with Crippen molar-refractivity contribution in [2.45, 2.75) is 0 Å². The molecule has 70 valence electrons. The van der Waals surface area contributed by atoms with Crippen molar-refractivity contribution in [3.05, 3.63) is 0 Å². The molecule has 0 fully saturated rings. The van der Waals surface area contributed by atoms with Crippen LogP contribution in [0.5, 0.6) is 0 Å². The van der Waals surface area contributed by atoms with Crippen LogP contribution in [-0.2, 0) is 4.21 Å². The molecule has 0 bridgehead atoms. The van der Waals surface area contributed by atoms with E-state index in [1.807, 2.05) is 4.52 Å². The highest BCUT2D eigenvalue weighted by Crippen LogP contribution is 2.76. The van der Waals surface area contributed by atoms with E-state index in [1.54, 1.807) is 0 Å². The van der Waals surface area contributed by atoms with E-state index < -0.39 is 23.7 Å². The van der Waals surface area contributed by atoms with Gasteiger partial charge in [-0.15, -0.1) is 21.3 Å². The maximum absolute atomic E-state index is 12.4. The topological polar surface area (TPSA) is 46.3 Å². The first-order valence-electron chi connectivity index (χ1n) is 2.47. The van der Waals surface area contributed by atoms with Crippen LogP contribution in [0.2, 0.25) is 0 Å². The van der Waals surface area contributed by atoms with Crippen LogP contribution >= 0.6 is 23.7 Å². The molecule has 0 N–H and O–H groups in total. The van der Waals surface area contributed by atoms with Crippen LogP contribution in [0.15, 0.2) is 13.5 Å².